The largest absolute Gasteiger partial charge is 0.348 e. The number of anilines is 1. The molecule has 3 aromatic carbocycles. The van der Waals surface area contributed by atoms with Crippen molar-refractivity contribution in [2.75, 3.05) is 4.72 Å². The Hall–Kier alpha value is -2.83. The van der Waals surface area contributed by atoms with Crippen LogP contribution >= 0.6 is 11.6 Å². The minimum absolute atomic E-state index is 0.0615. The van der Waals surface area contributed by atoms with E-state index in [0.29, 0.717) is 11.6 Å². The molecule has 0 aromatic heterocycles. The van der Waals surface area contributed by atoms with Gasteiger partial charge in [-0.15, -0.1) is 0 Å². The molecule has 1 amide bonds. The smallest absolute Gasteiger partial charge is 0.261 e. The molecule has 7 heteroatoms. The summed E-state index contributed by atoms with van der Waals surface area (Å²) in [5, 5.41) is 3.24. The standard InChI is InChI=1S/C20H17ClN2O3S/c21-16-10-12-17(13-11-16)27(25,26)23-19-9-5-4-8-18(19)20(24)22-14-15-6-2-1-3-7-15/h1-13,23H,14H2,(H,22,24). The predicted octanol–water partition coefficient (Wildman–Crippen LogP) is 4.07. The van der Waals surface area contributed by atoms with E-state index in [4.69, 9.17) is 11.6 Å². The van der Waals surface area contributed by atoms with Gasteiger partial charge < -0.3 is 5.32 Å². The minimum Gasteiger partial charge on any atom is -0.348 e. The lowest BCUT2D eigenvalue weighted by Gasteiger charge is -2.13. The lowest BCUT2D eigenvalue weighted by molar-refractivity contribution is 0.0952. The number of carbonyl (C=O) groups excluding carboxylic acids is 1. The fraction of sp³-hybridized carbons (Fsp3) is 0.0500. The average Bonchev–Trinajstić information content (AvgIpc) is 2.67. The number of carbonyl (C=O) groups is 1. The van der Waals surface area contributed by atoms with Gasteiger partial charge in [0.1, 0.15) is 0 Å². The second kappa shape index (κ2) is 8.24. The van der Waals surface area contributed by atoms with Crippen molar-refractivity contribution in [3.63, 3.8) is 0 Å². The van der Waals surface area contributed by atoms with Crippen LogP contribution in [0.1, 0.15) is 15.9 Å². The number of para-hydroxylation sites is 1. The summed E-state index contributed by atoms with van der Waals surface area (Å²) in [6.07, 6.45) is 0. The molecule has 0 heterocycles. The molecule has 0 saturated heterocycles. The van der Waals surface area contributed by atoms with Crippen LogP contribution in [0.3, 0.4) is 0 Å². The van der Waals surface area contributed by atoms with Gasteiger partial charge in [0.05, 0.1) is 16.1 Å². The summed E-state index contributed by atoms with van der Waals surface area (Å²) >= 11 is 5.81. The van der Waals surface area contributed by atoms with Crippen molar-refractivity contribution in [3.8, 4) is 0 Å². The third kappa shape index (κ3) is 4.87. The van der Waals surface area contributed by atoms with Gasteiger partial charge in [0.25, 0.3) is 15.9 Å². The molecule has 5 nitrogen and oxygen atoms in total. The number of hydrogen-bond donors (Lipinski definition) is 2. The van der Waals surface area contributed by atoms with E-state index in [2.05, 4.69) is 10.0 Å². The zero-order valence-corrected chi connectivity index (χ0v) is 15.8. The molecule has 0 aliphatic rings. The van der Waals surface area contributed by atoms with Crippen molar-refractivity contribution in [1.29, 1.82) is 0 Å². The molecular weight excluding hydrogens is 384 g/mol. The van der Waals surface area contributed by atoms with E-state index < -0.39 is 10.0 Å². The monoisotopic (exact) mass is 400 g/mol. The highest BCUT2D eigenvalue weighted by Gasteiger charge is 2.18. The van der Waals surface area contributed by atoms with Crippen molar-refractivity contribution in [2.45, 2.75) is 11.4 Å². The zero-order chi connectivity index (χ0) is 19.3. The Morgan fingerprint density at radius 2 is 1.48 bits per heavy atom. The van der Waals surface area contributed by atoms with Gasteiger partial charge in [0.2, 0.25) is 0 Å². The first kappa shape index (κ1) is 18.9. The second-order valence-corrected chi connectivity index (χ2v) is 7.89. The van der Waals surface area contributed by atoms with E-state index >= 15 is 0 Å². The summed E-state index contributed by atoms with van der Waals surface area (Å²) < 4.78 is 27.6. The van der Waals surface area contributed by atoms with Crippen molar-refractivity contribution >= 4 is 33.2 Å². The SMILES string of the molecule is O=C(NCc1ccccc1)c1ccccc1NS(=O)(=O)c1ccc(Cl)cc1. The first-order valence-electron chi connectivity index (χ1n) is 8.15. The molecule has 0 aliphatic heterocycles. The Bertz CT molecular complexity index is 1040. The first-order chi connectivity index (χ1) is 13.0. The average molecular weight is 401 g/mol. The van der Waals surface area contributed by atoms with Crippen LogP contribution in [0, 0.1) is 0 Å². The van der Waals surface area contributed by atoms with Crippen LogP contribution in [0.2, 0.25) is 5.02 Å². The molecule has 3 aromatic rings. The Morgan fingerprint density at radius 1 is 0.852 bits per heavy atom. The Balaban J connectivity index is 1.79. The number of halogens is 1. The summed E-state index contributed by atoms with van der Waals surface area (Å²) in [5.41, 5.74) is 1.40. The van der Waals surface area contributed by atoms with Crippen LogP contribution in [0.5, 0.6) is 0 Å². The van der Waals surface area contributed by atoms with Crippen molar-refractivity contribution in [2.24, 2.45) is 0 Å². The van der Waals surface area contributed by atoms with Gasteiger partial charge in [-0.2, -0.15) is 0 Å². The van der Waals surface area contributed by atoms with Crippen LogP contribution in [0.25, 0.3) is 0 Å². The molecule has 0 bridgehead atoms. The van der Waals surface area contributed by atoms with Crippen LogP contribution in [-0.4, -0.2) is 14.3 Å². The fourth-order valence-electron chi connectivity index (χ4n) is 2.46. The molecule has 0 radical (unpaired) electrons. The van der Waals surface area contributed by atoms with Gasteiger partial charge >= 0.3 is 0 Å². The van der Waals surface area contributed by atoms with E-state index in [1.165, 1.54) is 24.3 Å². The Morgan fingerprint density at radius 3 is 2.19 bits per heavy atom. The third-order valence-corrected chi connectivity index (χ3v) is 5.47. The quantitative estimate of drug-likeness (QED) is 0.654. The molecule has 3 rings (SSSR count). The summed E-state index contributed by atoms with van der Waals surface area (Å²) in [7, 11) is -3.84. The Kier molecular flexibility index (Phi) is 5.78. The fourth-order valence-corrected chi connectivity index (χ4v) is 3.67. The van der Waals surface area contributed by atoms with E-state index in [1.807, 2.05) is 30.3 Å². The molecular formula is C20H17ClN2O3S. The molecule has 0 fully saturated rings. The van der Waals surface area contributed by atoms with Crippen LogP contribution in [-0.2, 0) is 16.6 Å². The van der Waals surface area contributed by atoms with Crippen molar-refractivity contribution in [3.05, 3.63) is 95.0 Å². The van der Waals surface area contributed by atoms with Crippen LogP contribution in [0.4, 0.5) is 5.69 Å². The molecule has 138 valence electrons. The normalized spacial score (nSPS) is 11.0. The number of nitrogens with one attached hydrogen (secondary N) is 2. The van der Waals surface area contributed by atoms with Crippen LogP contribution in [0.15, 0.2) is 83.8 Å². The number of benzene rings is 3. The Labute approximate surface area is 163 Å². The van der Waals surface area contributed by atoms with Gasteiger partial charge in [0, 0.05) is 11.6 Å². The number of hydrogen-bond acceptors (Lipinski definition) is 3. The van der Waals surface area contributed by atoms with Crippen molar-refractivity contribution in [1.82, 2.24) is 5.32 Å². The second-order valence-electron chi connectivity index (χ2n) is 5.77. The number of sulfonamides is 1. The third-order valence-electron chi connectivity index (χ3n) is 3.84. The molecule has 0 atom stereocenters. The summed E-state index contributed by atoms with van der Waals surface area (Å²) in [5.74, 6) is -0.367. The molecule has 0 saturated carbocycles. The number of amides is 1. The van der Waals surface area contributed by atoms with E-state index in [1.54, 1.807) is 24.3 Å². The molecule has 0 spiro atoms. The maximum atomic E-state index is 12.6. The highest BCUT2D eigenvalue weighted by molar-refractivity contribution is 7.92. The topological polar surface area (TPSA) is 75.3 Å². The van der Waals surface area contributed by atoms with Crippen LogP contribution < -0.4 is 10.0 Å². The lowest BCUT2D eigenvalue weighted by atomic mass is 10.1. The molecule has 0 unspecified atom stereocenters. The van der Waals surface area contributed by atoms with Crippen molar-refractivity contribution < 1.29 is 13.2 Å². The van der Waals surface area contributed by atoms with E-state index in [9.17, 15) is 13.2 Å². The van der Waals surface area contributed by atoms with Gasteiger partial charge in [0.15, 0.2) is 0 Å². The lowest BCUT2D eigenvalue weighted by Crippen LogP contribution is -2.25. The van der Waals surface area contributed by atoms with Gasteiger partial charge in [-0.1, -0.05) is 54.1 Å². The van der Waals surface area contributed by atoms with E-state index in [-0.39, 0.29) is 22.1 Å². The highest BCUT2D eigenvalue weighted by Crippen LogP contribution is 2.21. The molecule has 27 heavy (non-hydrogen) atoms. The summed E-state index contributed by atoms with van der Waals surface area (Å²) in [6, 6.07) is 21.7. The number of rotatable bonds is 6. The predicted molar refractivity (Wildman–Crippen MR) is 106 cm³/mol. The molecule has 0 aliphatic carbocycles. The summed E-state index contributed by atoms with van der Waals surface area (Å²) in [6.45, 7) is 0.345. The van der Waals surface area contributed by atoms with E-state index in [0.717, 1.165) is 5.56 Å². The van der Waals surface area contributed by atoms with Gasteiger partial charge in [-0.25, -0.2) is 8.42 Å². The zero-order valence-electron chi connectivity index (χ0n) is 14.2. The summed E-state index contributed by atoms with van der Waals surface area (Å²) in [4.78, 5) is 12.6. The first-order valence-corrected chi connectivity index (χ1v) is 10.0. The highest BCUT2D eigenvalue weighted by atomic mass is 35.5. The van der Waals surface area contributed by atoms with Gasteiger partial charge in [-0.05, 0) is 42.0 Å². The maximum Gasteiger partial charge on any atom is 0.261 e. The minimum atomic E-state index is -3.84. The molecule has 2 N–H and O–H groups in total. The maximum absolute atomic E-state index is 12.6. The van der Waals surface area contributed by atoms with Gasteiger partial charge in [-0.3, -0.25) is 9.52 Å².